The number of rotatable bonds is 5. The molecule has 0 aliphatic rings. The predicted octanol–water partition coefficient (Wildman–Crippen LogP) is 2.33. The molecule has 2 aromatic rings. The van der Waals surface area contributed by atoms with Gasteiger partial charge in [0.2, 0.25) is 0 Å². The average molecular weight is 306 g/mol. The van der Waals surface area contributed by atoms with E-state index < -0.39 is 4.92 Å². The van der Waals surface area contributed by atoms with E-state index in [-0.39, 0.29) is 11.6 Å². The number of amides is 1. The summed E-state index contributed by atoms with van der Waals surface area (Å²) in [5.74, 6) is -0.290. The minimum atomic E-state index is -0.478. The van der Waals surface area contributed by atoms with E-state index in [9.17, 15) is 14.9 Å². The molecule has 21 heavy (non-hydrogen) atoms. The number of hydrogen-bond donors (Lipinski definition) is 2. The summed E-state index contributed by atoms with van der Waals surface area (Å²) in [5.41, 5.74) is 0.613. The number of nitro groups is 1. The lowest BCUT2D eigenvalue weighted by Crippen LogP contribution is -2.18. The molecule has 0 aliphatic carbocycles. The second-order valence-corrected chi connectivity index (χ2v) is 5.59. The van der Waals surface area contributed by atoms with Crippen LogP contribution in [0, 0.1) is 17.0 Å². The van der Waals surface area contributed by atoms with Gasteiger partial charge < -0.3 is 10.6 Å². The maximum Gasteiger partial charge on any atom is 0.292 e. The Morgan fingerprint density at radius 2 is 2.24 bits per heavy atom. The molecule has 0 radical (unpaired) electrons. The predicted molar refractivity (Wildman–Crippen MR) is 80.7 cm³/mol. The standard InChI is InChI=1S/C13H14N4O3S/c1-8-15-6-10(21-8)7-16-11-5-9(13(18)14-2)3-4-12(11)17(19)20/h3-6,16H,7H2,1-2H3,(H,14,18). The molecule has 1 amide bonds. The summed E-state index contributed by atoms with van der Waals surface area (Å²) >= 11 is 1.51. The first-order chi connectivity index (χ1) is 10.0. The maximum atomic E-state index is 11.6. The van der Waals surface area contributed by atoms with Gasteiger partial charge in [-0.1, -0.05) is 0 Å². The number of nitrogens with zero attached hydrogens (tertiary/aromatic N) is 2. The van der Waals surface area contributed by atoms with E-state index in [1.807, 2.05) is 6.92 Å². The molecule has 0 saturated carbocycles. The van der Waals surface area contributed by atoms with E-state index in [0.717, 1.165) is 9.88 Å². The first-order valence-electron chi connectivity index (χ1n) is 6.17. The minimum absolute atomic E-state index is 0.0658. The monoisotopic (exact) mass is 306 g/mol. The molecule has 0 spiro atoms. The van der Waals surface area contributed by atoms with Crippen molar-refractivity contribution in [1.29, 1.82) is 0 Å². The van der Waals surface area contributed by atoms with E-state index in [1.54, 1.807) is 6.20 Å². The van der Waals surface area contributed by atoms with Crippen LogP contribution in [0.4, 0.5) is 11.4 Å². The Kier molecular flexibility index (Phi) is 4.49. The van der Waals surface area contributed by atoms with Crippen molar-refractivity contribution < 1.29 is 9.72 Å². The molecular weight excluding hydrogens is 292 g/mol. The topological polar surface area (TPSA) is 97.2 Å². The van der Waals surface area contributed by atoms with Gasteiger partial charge in [0.05, 0.1) is 16.5 Å². The molecule has 2 N–H and O–H groups in total. The summed E-state index contributed by atoms with van der Waals surface area (Å²) in [6.45, 7) is 2.31. The molecule has 2 rings (SSSR count). The van der Waals surface area contributed by atoms with Gasteiger partial charge in [-0.15, -0.1) is 11.3 Å². The molecule has 0 aliphatic heterocycles. The Morgan fingerprint density at radius 3 is 2.81 bits per heavy atom. The number of carbonyl (C=O) groups is 1. The number of aryl methyl sites for hydroxylation is 1. The van der Waals surface area contributed by atoms with Crippen molar-refractivity contribution in [2.75, 3.05) is 12.4 Å². The van der Waals surface area contributed by atoms with Gasteiger partial charge in [-0.3, -0.25) is 14.9 Å². The molecule has 1 aromatic carbocycles. The Bertz CT molecular complexity index is 684. The van der Waals surface area contributed by atoms with Crippen molar-refractivity contribution in [3.8, 4) is 0 Å². The molecule has 0 unspecified atom stereocenters. The van der Waals surface area contributed by atoms with Crippen LogP contribution in [0.1, 0.15) is 20.2 Å². The number of carbonyl (C=O) groups excluding carboxylic acids is 1. The normalized spacial score (nSPS) is 10.2. The van der Waals surface area contributed by atoms with Crippen molar-refractivity contribution in [1.82, 2.24) is 10.3 Å². The van der Waals surface area contributed by atoms with Gasteiger partial charge in [-0.2, -0.15) is 0 Å². The fraction of sp³-hybridized carbons (Fsp3) is 0.231. The Balaban J connectivity index is 2.25. The molecule has 0 atom stereocenters. The van der Waals surface area contributed by atoms with Crippen molar-refractivity contribution in [2.24, 2.45) is 0 Å². The molecule has 8 heteroatoms. The summed E-state index contributed by atoms with van der Waals surface area (Å²) in [7, 11) is 1.51. The van der Waals surface area contributed by atoms with Gasteiger partial charge in [-0.05, 0) is 19.1 Å². The average Bonchev–Trinajstić information content (AvgIpc) is 2.89. The second kappa shape index (κ2) is 6.31. The summed E-state index contributed by atoms with van der Waals surface area (Å²) < 4.78 is 0. The van der Waals surface area contributed by atoms with Crippen LogP contribution in [0.3, 0.4) is 0 Å². The zero-order valence-electron chi connectivity index (χ0n) is 11.5. The van der Waals surface area contributed by atoms with Crippen LogP contribution in [0.5, 0.6) is 0 Å². The van der Waals surface area contributed by atoms with Crippen molar-refractivity contribution in [3.63, 3.8) is 0 Å². The molecule has 0 saturated heterocycles. The van der Waals surface area contributed by atoms with Gasteiger partial charge in [0, 0.05) is 29.8 Å². The van der Waals surface area contributed by atoms with Gasteiger partial charge in [0.15, 0.2) is 0 Å². The maximum absolute atomic E-state index is 11.6. The number of nitrogens with one attached hydrogen (secondary N) is 2. The summed E-state index contributed by atoms with van der Waals surface area (Å²) in [6.07, 6.45) is 1.72. The third-order valence-electron chi connectivity index (χ3n) is 2.80. The minimum Gasteiger partial charge on any atom is -0.375 e. The summed E-state index contributed by atoms with van der Waals surface area (Å²) in [5, 5.41) is 17.5. The van der Waals surface area contributed by atoms with Crippen LogP contribution in [0.25, 0.3) is 0 Å². The first-order valence-corrected chi connectivity index (χ1v) is 6.98. The van der Waals surface area contributed by atoms with Crippen molar-refractivity contribution in [2.45, 2.75) is 13.5 Å². The number of aromatic nitrogens is 1. The Hall–Kier alpha value is -2.48. The Labute approximate surface area is 125 Å². The van der Waals surface area contributed by atoms with E-state index in [2.05, 4.69) is 15.6 Å². The van der Waals surface area contributed by atoms with Gasteiger partial charge in [0.1, 0.15) is 5.69 Å². The fourth-order valence-corrected chi connectivity index (χ4v) is 2.53. The van der Waals surface area contributed by atoms with Gasteiger partial charge in [-0.25, -0.2) is 4.98 Å². The number of anilines is 1. The lowest BCUT2D eigenvalue weighted by atomic mass is 10.1. The molecule has 1 heterocycles. The van der Waals surface area contributed by atoms with E-state index >= 15 is 0 Å². The number of nitro benzene ring substituents is 1. The third-order valence-corrected chi connectivity index (χ3v) is 3.72. The third kappa shape index (κ3) is 3.54. The van der Waals surface area contributed by atoms with Crippen LogP contribution < -0.4 is 10.6 Å². The molecule has 0 fully saturated rings. The van der Waals surface area contributed by atoms with Crippen LogP contribution in [-0.2, 0) is 6.54 Å². The van der Waals surface area contributed by atoms with E-state index in [0.29, 0.717) is 17.8 Å². The Morgan fingerprint density at radius 1 is 1.48 bits per heavy atom. The highest BCUT2D eigenvalue weighted by Gasteiger charge is 2.16. The van der Waals surface area contributed by atoms with Crippen LogP contribution in [-0.4, -0.2) is 22.9 Å². The highest BCUT2D eigenvalue weighted by atomic mass is 32.1. The summed E-state index contributed by atoms with van der Waals surface area (Å²) in [6, 6.07) is 4.23. The lowest BCUT2D eigenvalue weighted by molar-refractivity contribution is -0.384. The summed E-state index contributed by atoms with van der Waals surface area (Å²) in [4.78, 5) is 27.3. The molecule has 1 aromatic heterocycles. The highest BCUT2D eigenvalue weighted by Crippen LogP contribution is 2.26. The van der Waals surface area contributed by atoms with Crippen molar-refractivity contribution >= 4 is 28.6 Å². The van der Waals surface area contributed by atoms with E-state index in [1.165, 1.54) is 36.6 Å². The molecule has 7 nitrogen and oxygen atoms in total. The van der Waals surface area contributed by atoms with Crippen LogP contribution in [0.15, 0.2) is 24.4 Å². The molecule has 110 valence electrons. The number of hydrogen-bond acceptors (Lipinski definition) is 6. The largest absolute Gasteiger partial charge is 0.375 e. The zero-order valence-corrected chi connectivity index (χ0v) is 12.4. The quantitative estimate of drug-likeness (QED) is 0.652. The SMILES string of the molecule is CNC(=O)c1ccc([N+](=O)[O-])c(NCc2cnc(C)s2)c1. The van der Waals surface area contributed by atoms with Crippen molar-refractivity contribution in [3.05, 3.63) is 50.0 Å². The first kappa shape index (κ1) is 14.9. The van der Waals surface area contributed by atoms with Crippen LogP contribution >= 0.6 is 11.3 Å². The van der Waals surface area contributed by atoms with E-state index in [4.69, 9.17) is 0 Å². The smallest absolute Gasteiger partial charge is 0.292 e. The lowest BCUT2D eigenvalue weighted by Gasteiger charge is -2.07. The highest BCUT2D eigenvalue weighted by molar-refractivity contribution is 7.11. The van der Waals surface area contributed by atoms with Gasteiger partial charge >= 0.3 is 0 Å². The number of thiazole rings is 1. The molecular formula is C13H14N4O3S. The van der Waals surface area contributed by atoms with Crippen LogP contribution in [0.2, 0.25) is 0 Å². The number of benzene rings is 1. The van der Waals surface area contributed by atoms with Gasteiger partial charge in [0.25, 0.3) is 11.6 Å². The molecule has 0 bridgehead atoms. The zero-order chi connectivity index (χ0) is 15.4. The second-order valence-electron chi connectivity index (χ2n) is 4.27. The fourth-order valence-electron chi connectivity index (χ4n) is 1.79.